The van der Waals surface area contributed by atoms with Gasteiger partial charge in [0.2, 0.25) is 5.91 Å². The van der Waals surface area contributed by atoms with E-state index in [1.807, 2.05) is 52.8 Å². The number of aliphatic carboxylic acids is 1. The Balaban J connectivity index is 1.85. The normalized spacial score (nSPS) is 23.4. The van der Waals surface area contributed by atoms with Gasteiger partial charge < -0.3 is 19.9 Å². The van der Waals surface area contributed by atoms with E-state index in [9.17, 15) is 14.7 Å². The summed E-state index contributed by atoms with van der Waals surface area (Å²) in [6.45, 7) is 10.5. The van der Waals surface area contributed by atoms with Crippen molar-refractivity contribution in [2.75, 3.05) is 13.2 Å². The van der Waals surface area contributed by atoms with Gasteiger partial charge in [-0.1, -0.05) is 19.9 Å². The summed E-state index contributed by atoms with van der Waals surface area (Å²) in [5.41, 5.74) is 0.415. The minimum absolute atomic E-state index is 0.174. The molecule has 0 bridgehead atoms. The van der Waals surface area contributed by atoms with E-state index in [0.717, 1.165) is 11.3 Å². The van der Waals surface area contributed by atoms with Crippen LogP contribution in [0.25, 0.3) is 0 Å². The van der Waals surface area contributed by atoms with Crippen LogP contribution >= 0.6 is 0 Å². The molecule has 0 radical (unpaired) electrons. The monoisotopic (exact) mass is 377 g/mol. The van der Waals surface area contributed by atoms with Crippen LogP contribution in [-0.2, 0) is 14.3 Å². The summed E-state index contributed by atoms with van der Waals surface area (Å²) in [5.74, 6) is -0.507. The molecule has 2 N–H and O–H groups in total. The highest BCUT2D eigenvalue weighted by molar-refractivity contribution is 5.89. The summed E-state index contributed by atoms with van der Waals surface area (Å²) in [7, 11) is 0. The molecular weight excluding hydrogens is 346 g/mol. The zero-order valence-corrected chi connectivity index (χ0v) is 16.9. The van der Waals surface area contributed by atoms with Gasteiger partial charge in [0.05, 0.1) is 12.7 Å². The molecule has 2 atom stereocenters. The van der Waals surface area contributed by atoms with Gasteiger partial charge in [-0.2, -0.15) is 0 Å². The molecule has 0 heterocycles. The van der Waals surface area contributed by atoms with Crippen LogP contribution in [0.15, 0.2) is 18.2 Å². The molecule has 0 aliphatic heterocycles. The summed E-state index contributed by atoms with van der Waals surface area (Å²) in [6.07, 6.45) is 0.847. The Kier molecular flexibility index (Phi) is 6.52. The van der Waals surface area contributed by atoms with E-state index in [-0.39, 0.29) is 24.9 Å². The predicted molar refractivity (Wildman–Crippen MR) is 103 cm³/mol. The lowest BCUT2D eigenvalue weighted by atomic mass is 9.54. The number of hydrogen-bond acceptors (Lipinski definition) is 4. The number of carboxylic acids is 1. The molecule has 6 nitrogen and oxygen atoms in total. The van der Waals surface area contributed by atoms with Crippen molar-refractivity contribution in [3.8, 4) is 5.75 Å². The minimum Gasteiger partial charge on any atom is -0.494 e. The highest BCUT2D eigenvalue weighted by Gasteiger charge is 2.66. The number of carbonyl (C=O) groups excluding carboxylic acids is 1. The molecule has 1 fully saturated rings. The van der Waals surface area contributed by atoms with Gasteiger partial charge in [0.1, 0.15) is 11.3 Å². The van der Waals surface area contributed by atoms with Crippen LogP contribution < -0.4 is 10.1 Å². The Bertz CT molecular complexity index is 700. The molecule has 2 unspecified atom stereocenters. The van der Waals surface area contributed by atoms with Gasteiger partial charge in [0.15, 0.2) is 0 Å². The quantitative estimate of drug-likeness (QED) is 0.646. The maximum atomic E-state index is 12.3. The molecule has 1 aromatic rings. The van der Waals surface area contributed by atoms with Gasteiger partial charge in [-0.25, -0.2) is 4.79 Å². The molecule has 1 amide bonds. The molecular formula is C21H31NO5. The first kappa shape index (κ1) is 21.2. The van der Waals surface area contributed by atoms with Gasteiger partial charge in [0.25, 0.3) is 0 Å². The number of carboxylic acid groups (broad SMARTS) is 1. The van der Waals surface area contributed by atoms with Gasteiger partial charge in [-0.15, -0.1) is 0 Å². The zero-order valence-electron chi connectivity index (χ0n) is 16.9. The fourth-order valence-electron chi connectivity index (χ4n) is 3.56. The Morgan fingerprint density at radius 2 is 1.96 bits per heavy atom. The van der Waals surface area contributed by atoms with Crippen LogP contribution in [0.2, 0.25) is 0 Å². The number of aryl methyl sites for hydroxylation is 2. The van der Waals surface area contributed by atoms with E-state index in [1.54, 1.807) is 0 Å². The van der Waals surface area contributed by atoms with Gasteiger partial charge >= 0.3 is 5.97 Å². The number of nitrogens with one attached hydrogen (secondary N) is 1. The van der Waals surface area contributed by atoms with Crippen LogP contribution in [-0.4, -0.2) is 41.8 Å². The lowest BCUT2D eigenvalue weighted by Gasteiger charge is -2.58. The second kappa shape index (κ2) is 8.30. The minimum atomic E-state index is -1.28. The summed E-state index contributed by atoms with van der Waals surface area (Å²) < 4.78 is 11.3. The third-order valence-electron chi connectivity index (χ3n) is 5.78. The van der Waals surface area contributed by atoms with Gasteiger partial charge in [-0.3, -0.25) is 4.79 Å². The van der Waals surface area contributed by atoms with Crippen LogP contribution in [0.4, 0.5) is 0 Å². The van der Waals surface area contributed by atoms with Crippen molar-refractivity contribution in [2.45, 2.75) is 65.5 Å². The third kappa shape index (κ3) is 4.26. The molecule has 0 saturated heterocycles. The van der Waals surface area contributed by atoms with Crippen LogP contribution in [0.3, 0.4) is 0 Å². The van der Waals surface area contributed by atoms with Crippen LogP contribution in [0.1, 0.15) is 51.2 Å². The fourth-order valence-corrected chi connectivity index (χ4v) is 3.56. The van der Waals surface area contributed by atoms with Crippen LogP contribution in [0, 0.1) is 19.3 Å². The van der Waals surface area contributed by atoms with E-state index in [4.69, 9.17) is 9.47 Å². The van der Waals surface area contributed by atoms with E-state index in [1.165, 1.54) is 5.56 Å². The second-order valence-electron chi connectivity index (χ2n) is 7.83. The molecule has 0 aromatic heterocycles. The molecule has 27 heavy (non-hydrogen) atoms. The summed E-state index contributed by atoms with van der Waals surface area (Å²) in [4.78, 5) is 24.2. The molecule has 1 aliphatic rings. The SMILES string of the molecule is CCOC1CC(NC(=O)CCCOc2ccc(C)c(C)c2)(C(=O)O)C1(C)C. The lowest BCUT2D eigenvalue weighted by Crippen LogP contribution is -2.76. The van der Waals surface area contributed by atoms with Crippen molar-refractivity contribution in [1.29, 1.82) is 0 Å². The summed E-state index contributed by atoms with van der Waals surface area (Å²) in [6, 6.07) is 5.88. The molecule has 6 heteroatoms. The van der Waals surface area contributed by atoms with Crippen molar-refractivity contribution < 1.29 is 24.2 Å². The molecule has 1 aromatic carbocycles. The summed E-state index contributed by atoms with van der Waals surface area (Å²) >= 11 is 0. The van der Waals surface area contributed by atoms with Gasteiger partial charge in [-0.05, 0) is 50.5 Å². The summed E-state index contributed by atoms with van der Waals surface area (Å²) in [5, 5.41) is 12.5. The van der Waals surface area contributed by atoms with E-state index in [0.29, 0.717) is 19.6 Å². The Labute approximate surface area is 161 Å². The molecule has 2 rings (SSSR count). The first-order chi connectivity index (χ1) is 12.6. The number of rotatable bonds is 9. The maximum absolute atomic E-state index is 12.3. The van der Waals surface area contributed by atoms with Crippen molar-refractivity contribution in [2.24, 2.45) is 5.41 Å². The average molecular weight is 377 g/mol. The van der Waals surface area contributed by atoms with E-state index < -0.39 is 16.9 Å². The first-order valence-electron chi connectivity index (χ1n) is 9.50. The first-order valence-corrected chi connectivity index (χ1v) is 9.50. The smallest absolute Gasteiger partial charge is 0.330 e. The molecule has 150 valence electrons. The lowest BCUT2D eigenvalue weighted by molar-refractivity contribution is -0.194. The van der Waals surface area contributed by atoms with Crippen molar-refractivity contribution in [1.82, 2.24) is 5.32 Å². The number of ether oxygens (including phenoxy) is 2. The number of carbonyl (C=O) groups is 2. The predicted octanol–water partition coefficient (Wildman–Crippen LogP) is 3.24. The second-order valence-corrected chi connectivity index (χ2v) is 7.83. The zero-order chi connectivity index (χ0) is 20.2. The molecule has 1 saturated carbocycles. The van der Waals surface area contributed by atoms with Crippen molar-refractivity contribution in [3.05, 3.63) is 29.3 Å². The highest BCUT2D eigenvalue weighted by Crippen LogP contribution is 2.51. The Morgan fingerprint density at radius 1 is 1.26 bits per heavy atom. The topological polar surface area (TPSA) is 84.9 Å². The van der Waals surface area contributed by atoms with E-state index >= 15 is 0 Å². The fraction of sp³-hybridized carbons (Fsp3) is 0.619. The highest BCUT2D eigenvalue weighted by atomic mass is 16.5. The maximum Gasteiger partial charge on any atom is 0.330 e. The third-order valence-corrected chi connectivity index (χ3v) is 5.78. The molecule has 0 spiro atoms. The van der Waals surface area contributed by atoms with E-state index in [2.05, 4.69) is 5.32 Å². The number of hydrogen-bond donors (Lipinski definition) is 2. The van der Waals surface area contributed by atoms with Crippen molar-refractivity contribution >= 4 is 11.9 Å². The van der Waals surface area contributed by atoms with Gasteiger partial charge in [0, 0.05) is 24.9 Å². The Hall–Kier alpha value is -2.08. The standard InChI is InChI=1S/C21H31NO5/c1-6-26-17-13-21(19(24)25,20(17,4)5)22-18(23)8-7-11-27-16-10-9-14(2)15(3)12-16/h9-10,12,17H,6-8,11,13H2,1-5H3,(H,22,23)(H,24,25). The molecule has 1 aliphatic carbocycles. The number of benzene rings is 1. The largest absolute Gasteiger partial charge is 0.494 e. The van der Waals surface area contributed by atoms with Crippen LogP contribution in [0.5, 0.6) is 5.75 Å². The average Bonchev–Trinajstić information content (AvgIpc) is 2.60. The Morgan fingerprint density at radius 3 is 2.52 bits per heavy atom. The number of amides is 1. The van der Waals surface area contributed by atoms with Crippen molar-refractivity contribution in [3.63, 3.8) is 0 Å².